The summed E-state index contributed by atoms with van der Waals surface area (Å²) in [6.45, 7) is 5.86. The van der Waals surface area contributed by atoms with Crippen molar-refractivity contribution < 1.29 is 8.42 Å². The van der Waals surface area contributed by atoms with Gasteiger partial charge in [-0.05, 0) is 30.7 Å². The standard InChI is InChI=1S/C12H19N3O2S/c1-10-9-11(15-7-5-13-6-8-15)3-4-12(10)14-18(2,16)17/h3-4,9,13-14H,5-8H2,1-2H3. The maximum Gasteiger partial charge on any atom is 0.229 e. The predicted molar refractivity (Wildman–Crippen MR) is 74.7 cm³/mol. The minimum absolute atomic E-state index is 0.649. The minimum atomic E-state index is -3.21. The zero-order chi connectivity index (χ0) is 13.2. The average Bonchev–Trinajstić information content (AvgIpc) is 2.31. The van der Waals surface area contributed by atoms with Crippen LogP contribution in [0, 0.1) is 6.92 Å². The van der Waals surface area contributed by atoms with E-state index < -0.39 is 10.0 Å². The second-order valence-corrected chi connectivity index (χ2v) is 6.36. The van der Waals surface area contributed by atoms with Crippen LogP contribution in [-0.4, -0.2) is 40.9 Å². The Morgan fingerprint density at radius 1 is 1.28 bits per heavy atom. The highest BCUT2D eigenvalue weighted by atomic mass is 32.2. The Kier molecular flexibility index (Phi) is 3.77. The van der Waals surface area contributed by atoms with E-state index in [1.54, 1.807) is 0 Å². The van der Waals surface area contributed by atoms with Crippen LogP contribution in [-0.2, 0) is 10.0 Å². The lowest BCUT2D eigenvalue weighted by molar-refractivity contribution is 0.589. The molecule has 0 amide bonds. The number of rotatable bonds is 3. The third-order valence-electron chi connectivity index (χ3n) is 2.99. The molecule has 1 aliphatic rings. The monoisotopic (exact) mass is 269 g/mol. The molecule has 18 heavy (non-hydrogen) atoms. The van der Waals surface area contributed by atoms with Gasteiger partial charge >= 0.3 is 0 Å². The molecule has 1 saturated heterocycles. The van der Waals surface area contributed by atoms with E-state index in [-0.39, 0.29) is 0 Å². The van der Waals surface area contributed by atoms with Gasteiger partial charge in [0.05, 0.1) is 11.9 Å². The largest absolute Gasteiger partial charge is 0.369 e. The fourth-order valence-electron chi connectivity index (χ4n) is 2.08. The summed E-state index contributed by atoms with van der Waals surface area (Å²) < 4.78 is 24.9. The van der Waals surface area contributed by atoms with Crippen LogP contribution in [0.5, 0.6) is 0 Å². The van der Waals surface area contributed by atoms with Gasteiger partial charge in [0.15, 0.2) is 0 Å². The van der Waals surface area contributed by atoms with Crippen LogP contribution in [0.3, 0.4) is 0 Å². The Morgan fingerprint density at radius 3 is 2.50 bits per heavy atom. The first-order valence-corrected chi connectivity index (χ1v) is 7.89. The van der Waals surface area contributed by atoms with E-state index in [1.165, 1.54) is 0 Å². The van der Waals surface area contributed by atoms with Gasteiger partial charge in [0.1, 0.15) is 0 Å². The van der Waals surface area contributed by atoms with Crippen LogP contribution >= 0.6 is 0 Å². The van der Waals surface area contributed by atoms with Crippen molar-refractivity contribution in [3.05, 3.63) is 23.8 Å². The zero-order valence-electron chi connectivity index (χ0n) is 10.7. The van der Waals surface area contributed by atoms with Gasteiger partial charge in [-0.15, -0.1) is 0 Å². The first kappa shape index (κ1) is 13.2. The number of nitrogens with zero attached hydrogens (tertiary/aromatic N) is 1. The predicted octanol–water partition coefficient (Wildman–Crippen LogP) is 0.776. The van der Waals surface area contributed by atoms with Crippen molar-refractivity contribution in [2.24, 2.45) is 0 Å². The molecular weight excluding hydrogens is 250 g/mol. The quantitative estimate of drug-likeness (QED) is 0.851. The van der Waals surface area contributed by atoms with E-state index >= 15 is 0 Å². The Bertz CT molecular complexity index is 522. The van der Waals surface area contributed by atoms with Gasteiger partial charge in [-0.25, -0.2) is 8.42 Å². The van der Waals surface area contributed by atoms with Crippen LogP contribution < -0.4 is 14.9 Å². The molecule has 1 aliphatic heterocycles. The van der Waals surface area contributed by atoms with Crippen molar-refractivity contribution in [1.82, 2.24) is 5.32 Å². The van der Waals surface area contributed by atoms with E-state index in [9.17, 15) is 8.42 Å². The van der Waals surface area contributed by atoms with Gasteiger partial charge in [-0.2, -0.15) is 0 Å². The maximum atomic E-state index is 11.2. The molecule has 5 nitrogen and oxygen atoms in total. The molecule has 0 saturated carbocycles. The fourth-order valence-corrected chi connectivity index (χ4v) is 2.71. The van der Waals surface area contributed by atoms with Crippen molar-refractivity contribution in [3.8, 4) is 0 Å². The highest BCUT2D eigenvalue weighted by Crippen LogP contribution is 2.23. The van der Waals surface area contributed by atoms with Crippen molar-refractivity contribution in [2.45, 2.75) is 6.92 Å². The molecule has 0 unspecified atom stereocenters. The molecule has 1 fully saturated rings. The Balaban J connectivity index is 2.18. The topological polar surface area (TPSA) is 61.4 Å². The molecule has 0 bridgehead atoms. The van der Waals surface area contributed by atoms with Crippen LogP contribution in [0.4, 0.5) is 11.4 Å². The summed E-state index contributed by atoms with van der Waals surface area (Å²) in [6.07, 6.45) is 1.16. The smallest absolute Gasteiger partial charge is 0.229 e. The molecule has 0 aliphatic carbocycles. The second-order valence-electron chi connectivity index (χ2n) is 4.61. The summed E-state index contributed by atoms with van der Waals surface area (Å²) in [5.74, 6) is 0. The van der Waals surface area contributed by atoms with E-state index in [0.717, 1.165) is 43.7 Å². The minimum Gasteiger partial charge on any atom is -0.369 e. The SMILES string of the molecule is Cc1cc(N2CCNCC2)ccc1NS(C)(=O)=O. The van der Waals surface area contributed by atoms with Crippen LogP contribution in [0.15, 0.2) is 18.2 Å². The van der Waals surface area contributed by atoms with Crippen LogP contribution in [0.1, 0.15) is 5.56 Å². The van der Waals surface area contributed by atoms with Gasteiger partial charge in [0.25, 0.3) is 0 Å². The molecule has 0 radical (unpaired) electrons. The first-order chi connectivity index (χ1) is 8.46. The lowest BCUT2D eigenvalue weighted by Crippen LogP contribution is -2.43. The number of aryl methyl sites for hydroxylation is 1. The number of hydrogen-bond donors (Lipinski definition) is 2. The number of piperazine rings is 1. The normalized spacial score (nSPS) is 16.7. The van der Waals surface area contributed by atoms with Gasteiger partial charge in [0, 0.05) is 31.9 Å². The van der Waals surface area contributed by atoms with Gasteiger partial charge in [-0.3, -0.25) is 4.72 Å². The third-order valence-corrected chi connectivity index (χ3v) is 3.58. The molecule has 0 aromatic heterocycles. The molecule has 6 heteroatoms. The summed E-state index contributed by atoms with van der Waals surface area (Å²) in [5, 5.41) is 3.31. The van der Waals surface area contributed by atoms with Crippen LogP contribution in [0.2, 0.25) is 0 Å². The molecule has 1 aromatic carbocycles. The summed E-state index contributed by atoms with van der Waals surface area (Å²) >= 11 is 0. The molecule has 1 aromatic rings. The number of nitrogens with one attached hydrogen (secondary N) is 2. The lowest BCUT2D eigenvalue weighted by Gasteiger charge is -2.30. The third kappa shape index (κ3) is 3.36. The number of sulfonamides is 1. The first-order valence-electron chi connectivity index (χ1n) is 6.00. The van der Waals surface area contributed by atoms with Gasteiger partial charge < -0.3 is 10.2 Å². The second kappa shape index (κ2) is 5.16. The fraction of sp³-hybridized carbons (Fsp3) is 0.500. The summed E-state index contributed by atoms with van der Waals surface area (Å²) in [5.41, 5.74) is 2.74. The lowest BCUT2D eigenvalue weighted by atomic mass is 10.1. The Morgan fingerprint density at radius 2 is 1.94 bits per heavy atom. The molecule has 2 N–H and O–H groups in total. The van der Waals surface area contributed by atoms with Gasteiger partial charge in [0.2, 0.25) is 10.0 Å². The summed E-state index contributed by atoms with van der Waals surface area (Å²) in [4.78, 5) is 2.30. The molecule has 0 spiro atoms. The number of anilines is 2. The maximum absolute atomic E-state index is 11.2. The summed E-state index contributed by atoms with van der Waals surface area (Å²) in [6, 6.07) is 5.82. The highest BCUT2D eigenvalue weighted by molar-refractivity contribution is 7.92. The average molecular weight is 269 g/mol. The van der Waals surface area contributed by atoms with E-state index in [2.05, 4.69) is 14.9 Å². The van der Waals surface area contributed by atoms with Crippen LogP contribution in [0.25, 0.3) is 0 Å². The van der Waals surface area contributed by atoms with Crippen molar-refractivity contribution in [3.63, 3.8) is 0 Å². The van der Waals surface area contributed by atoms with E-state index in [0.29, 0.717) is 5.69 Å². The Labute approximate surface area is 108 Å². The van der Waals surface area contributed by atoms with Crippen molar-refractivity contribution in [2.75, 3.05) is 42.1 Å². The van der Waals surface area contributed by atoms with Crippen molar-refractivity contribution in [1.29, 1.82) is 0 Å². The van der Waals surface area contributed by atoms with E-state index in [4.69, 9.17) is 0 Å². The van der Waals surface area contributed by atoms with Gasteiger partial charge in [-0.1, -0.05) is 0 Å². The molecule has 1 heterocycles. The zero-order valence-corrected chi connectivity index (χ0v) is 11.5. The number of benzene rings is 1. The number of hydrogen-bond acceptors (Lipinski definition) is 4. The molecule has 0 atom stereocenters. The highest BCUT2D eigenvalue weighted by Gasteiger charge is 2.12. The van der Waals surface area contributed by atoms with E-state index in [1.807, 2.05) is 25.1 Å². The Hall–Kier alpha value is -1.27. The molecular formula is C12H19N3O2S. The summed E-state index contributed by atoms with van der Waals surface area (Å²) in [7, 11) is -3.21. The van der Waals surface area contributed by atoms with Crippen molar-refractivity contribution >= 4 is 21.4 Å². The molecule has 2 rings (SSSR count). The molecule has 100 valence electrons.